The average Bonchev–Trinajstić information content (AvgIpc) is 2.69. The van der Waals surface area contributed by atoms with Crippen molar-refractivity contribution >= 4 is 0 Å². The molecule has 0 spiro atoms. The minimum atomic E-state index is 0.658. The van der Waals surface area contributed by atoms with E-state index >= 15 is 0 Å². The molecule has 15 heavy (non-hydrogen) atoms. The molecule has 1 nitrogen and oxygen atoms in total. The third kappa shape index (κ3) is 2.69. The molecule has 0 atom stereocenters. The fraction of sp³-hybridized carbons (Fsp3) is 0.429. The summed E-state index contributed by atoms with van der Waals surface area (Å²) in [5.74, 6) is 0. The van der Waals surface area contributed by atoms with Crippen LogP contribution in [0.4, 0.5) is 0 Å². The largest absolute Gasteiger partial charge is 0.309 e. The number of hydrogen-bond acceptors (Lipinski definition) is 1. The molecule has 0 aliphatic heterocycles. The van der Waals surface area contributed by atoms with Crippen LogP contribution in [0.2, 0.25) is 0 Å². The standard InChI is InChI=1S/C14H19N/c1-11-7-8-13(12(2)9-11)10-15-14-5-3-4-6-14/h3-4,7-9,14-15H,5-6,10H2,1-2H3. The molecule has 80 valence electrons. The topological polar surface area (TPSA) is 12.0 Å². The van der Waals surface area contributed by atoms with Gasteiger partial charge >= 0.3 is 0 Å². The molecular formula is C14H19N. The maximum absolute atomic E-state index is 3.60. The zero-order valence-electron chi connectivity index (χ0n) is 9.59. The van der Waals surface area contributed by atoms with Crippen LogP contribution in [0.3, 0.4) is 0 Å². The number of aryl methyl sites for hydroxylation is 2. The Morgan fingerprint density at radius 1 is 1.20 bits per heavy atom. The first-order chi connectivity index (χ1) is 7.25. The lowest BCUT2D eigenvalue weighted by atomic mass is 10.1. The highest BCUT2D eigenvalue weighted by Crippen LogP contribution is 2.13. The Balaban J connectivity index is 1.92. The highest BCUT2D eigenvalue weighted by atomic mass is 14.9. The predicted molar refractivity (Wildman–Crippen MR) is 64.9 cm³/mol. The van der Waals surface area contributed by atoms with E-state index in [1.165, 1.54) is 29.5 Å². The van der Waals surface area contributed by atoms with Crippen molar-refractivity contribution in [2.75, 3.05) is 0 Å². The van der Waals surface area contributed by atoms with Gasteiger partial charge in [-0.25, -0.2) is 0 Å². The maximum atomic E-state index is 3.60. The zero-order valence-corrected chi connectivity index (χ0v) is 9.59. The van der Waals surface area contributed by atoms with E-state index in [2.05, 4.69) is 49.5 Å². The third-order valence-electron chi connectivity index (χ3n) is 3.09. The Kier molecular flexibility index (Phi) is 3.22. The van der Waals surface area contributed by atoms with Crippen molar-refractivity contribution in [3.63, 3.8) is 0 Å². The molecule has 1 heteroatoms. The Hall–Kier alpha value is -1.08. The Bertz CT molecular complexity index is 358. The van der Waals surface area contributed by atoms with Crippen LogP contribution >= 0.6 is 0 Å². The van der Waals surface area contributed by atoms with Crippen LogP contribution in [0.1, 0.15) is 29.5 Å². The van der Waals surface area contributed by atoms with Gasteiger partial charge in [-0.15, -0.1) is 0 Å². The van der Waals surface area contributed by atoms with Gasteiger partial charge in [0.2, 0.25) is 0 Å². The second-order valence-electron chi connectivity index (χ2n) is 4.45. The molecule has 0 saturated carbocycles. The first-order valence-electron chi connectivity index (χ1n) is 5.70. The molecular weight excluding hydrogens is 182 g/mol. The third-order valence-corrected chi connectivity index (χ3v) is 3.09. The Labute approximate surface area is 92.2 Å². The predicted octanol–water partition coefficient (Wildman–Crippen LogP) is 3.11. The lowest BCUT2D eigenvalue weighted by molar-refractivity contribution is 0.537. The van der Waals surface area contributed by atoms with E-state index in [0.717, 1.165) is 6.54 Å². The van der Waals surface area contributed by atoms with Gasteiger partial charge < -0.3 is 5.32 Å². The molecule has 0 radical (unpaired) electrons. The van der Waals surface area contributed by atoms with Crippen LogP contribution in [0.25, 0.3) is 0 Å². The first-order valence-corrected chi connectivity index (χ1v) is 5.70. The summed E-state index contributed by atoms with van der Waals surface area (Å²) in [7, 11) is 0. The summed E-state index contributed by atoms with van der Waals surface area (Å²) >= 11 is 0. The van der Waals surface area contributed by atoms with E-state index in [4.69, 9.17) is 0 Å². The van der Waals surface area contributed by atoms with Gasteiger partial charge in [0, 0.05) is 12.6 Å². The van der Waals surface area contributed by atoms with Crippen LogP contribution in [-0.4, -0.2) is 6.04 Å². The molecule has 0 saturated heterocycles. The van der Waals surface area contributed by atoms with Crippen LogP contribution < -0.4 is 5.32 Å². The smallest absolute Gasteiger partial charge is 0.0210 e. The van der Waals surface area contributed by atoms with Gasteiger partial charge in [-0.2, -0.15) is 0 Å². The summed E-state index contributed by atoms with van der Waals surface area (Å²) in [6.07, 6.45) is 6.90. The van der Waals surface area contributed by atoms with Crippen molar-refractivity contribution in [2.45, 2.75) is 39.3 Å². The SMILES string of the molecule is Cc1ccc(CNC2CC=CC2)c(C)c1. The van der Waals surface area contributed by atoms with Crippen LogP contribution in [0.15, 0.2) is 30.4 Å². The van der Waals surface area contributed by atoms with Crippen molar-refractivity contribution in [1.29, 1.82) is 0 Å². The van der Waals surface area contributed by atoms with Gasteiger partial charge in [0.1, 0.15) is 0 Å². The summed E-state index contributed by atoms with van der Waals surface area (Å²) < 4.78 is 0. The quantitative estimate of drug-likeness (QED) is 0.741. The summed E-state index contributed by atoms with van der Waals surface area (Å²) in [6.45, 7) is 5.33. The van der Waals surface area contributed by atoms with Crippen molar-refractivity contribution < 1.29 is 0 Å². The summed E-state index contributed by atoms with van der Waals surface area (Å²) in [5, 5.41) is 3.60. The summed E-state index contributed by atoms with van der Waals surface area (Å²) in [6, 6.07) is 7.34. The van der Waals surface area contributed by atoms with Gasteiger partial charge in [0.05, 0.1) is 0 Å². The molecule has 2 rings (SSSR count). The number of nitrogens with one attached hydrogen (secondary N) is 1. The second-order valence-corrected chi connectivity index (χ2v) is 4.45. The molecule has 1 aromatic carbocycles. The summed E-state index contributed by atoms with van der Waals surface area (Å²) in [4.78, 5) is 0. The fourth-order valence-corrected chi connectivity index (χ4v) is 2.08. The maximum Gasteiger partial charge on any atom is 0.0210 e. The van der Waals surface area contributed by atoms with Gasteiger partial charge in [-0.3, -0.25) is 0 Å². The Morgan fingerprint density at radius 3 is 2.60 bits per heavy atom. The molecule has 0 aromatic heterocycles. The van der Waals surface area contributed by atoms with E-state index < -0.39 is 0 Å². The lowest BCUT2D eigenvalue weighted by Crippen LogP contribution is -2.25. The normalized spacial score (nSPS) is 16.1. The zero-order chi connectivity index (χ0) is 10.7. The first kappa shape index (κ1) is 10.4. The lowest BCUT2D eigenvalue weighted by Gasteiger charge is -2.13. The van der Waals surface area contributed by atoms with E-state index in [0.29, 0.717) is 6.04 Å². The highest BCUT2D eigenvalue weighted by Gasteiger charge is 2.09. The van der Waals surface area contributed by atoms with Gasteiger partial charge in [0.25, 0.3) is 0 Å². The Morgan fingerprint density at radius 2 is 1.93 bits per heavy atom. The van der Waals surface area contributed by atoms with Crippen LogP contribution in [0.5, 0.6) is 0 Å². The average molecular weight is 201 g/mol. The molecule has 1 aliphatic rings. The van der Waals surface area contributed by atoms with Crippen LogP contribution in [0, 0.1) is 13.8 Å². The molecule has 0 unspecified atom stereocenters. The second kappa shape index (κ2) is 4.63. The van der Waals surface area contributed by atoms with Crippen molar-refractivity contribution in [2.24, 2.45) is 0 Å². The highest BCUT2D eigenvalue weighted by molar-refractivity contribution is 5.30. The fourth-order valence-electron chi connectivity index (χ4n) is 2.08. The molecule has 0 heterocycles. The molecule has 1 aromatic rings. The van der Waals surface area contributed by atoms with Crippen molar-refractivity contribution in [3.05, 3.63) is 47.0 Å². The van der Waals surface area contributed by atoms with E-state index in [-0.39, 0.29) is 0 Å². The van der Waals surface area contributed by atoms with E-state index in [9.17, 15) is 0 Å². The monoisotopic (exact) mass is 201 g/mol. The molecule has 1 N–H and O–H groups in total. The van der Waals surface area contributed by atoms with E-state index in [1.54, 1.807) is 0 Å². The molecule has 1 aliphatic carbocycles. The number of rotatable bonds is 3. The van der Waals surface area contributed by atoms with Gasteiger partial charge in [0.15, 0.2) is 0 Å². The minimum Gasteiger partial charge on any atom is -0.309 e. The molecule has 0 amide bonds. The van der Waals surface area contributed by atoms with Crippen LogP contribution in [-0.2, 0) is 6.54 Å². The van der Waals surface area contributed by atoms with Crippen molar-refractivity contribution in [1.82, 2.24) is 5.32 Å². The minimum absolute atomic E-state index is 0.658. The van der Waals surface area contributed by atoms with Gasteiger partial charge in [-0.1, -0.05) is 35.9 Å². The molecule has 0 bridgehead atoms. The summed E-state index contributed by atoms with van der Waals surface area (Å²) in [5.41, 5.74) is 4.17. The van der Waals surface area contributed by atoms with Crippen molar-refractivity contribution in [3.8, 4) is 0 Å². The number of hydrogen-bond donors (Lipinski definition) is 1. The number of benzene rings is 1. The molecule has 0 fully saturated rings. The van der Waals surface area contributed by atoms with Gasteiger partial charge in [-0.05, 0) is 37.8 Å². The van der Waals surface area contributed by atoms with E-state index in [1.807, 2.05) is 0 Å².